The Kier molecular flexibility index (Phi) is 3.19. The number of aliphatic hydroxyl groups is 1. The average molecular weight is 220 g/mol. The fraction of sp³-hybridized carbons (Fsp3) is 0.500. The summed E-state index contributed by atoms with van der Waals surface area (Å²) in [7, 11) is 0. The third-order valence-corrected chi connectivity index (χ3v) is 2.97. The second kappa shape index (κ2) is 4.61. The van der Waals surface area contributed by atoms with Crippen LogP contribution in [0.3, 0.4) is 0 Å². The molecule has 0 unspecified atom stereocenters. The predicted octanol–water partition coefficient (Wildman–Crippen LogP) is 0.655. The van der Waals surface area contributed by atoms with Gasteiger partial charge in [0.15, 0.2) is 0 Å². The molecule has 1 aliphatic carbocycles. The fourth-order valence-corrected chi connectivity index (χ4v) is 1.75. The van der Waals surface area contributed by atoms with Crippen molar-refractivity contribution in [3.63, 3.8) is 0 Å². The van der Waals surface area contributed by atoms with E-state index >= 15 is 0 Å². The molecule has 0 aromatic carbocycles. The van der Waals surface area contributed by atoms with Gasteiger partial charge in [-0.1, -0.05) is 6.07 Å². The van der Waals surface area contributed by atoms with Gasteiger partial charge in [0.05, 0.1) is 12.0 Å². The first kappa shape index (κ1) is 11.1. The number of aromatic nitrogens is 1. The van der Waals surface area contributed by atoms with Crippen LogP contribution in [0, 0.1) is 0 Å². The molecule has 1 aromatic heterocycles. The lowest BCUT2D eigenvalue weighted by atomic mass is 9.80. The summed E-state index contributed by atoms with van der Waals surface area (Å²) in [6.07, 6.45) is 4.57. The minimum atomic E-state index is -0.653. The van der Waals surface area contributed by atoms with Gasteiger partial charge in [-0.3, -0.25) is 9.78 Å². The van der Waals surface area contributed by atoms with Crippen molar-refractivity contribution in [2.45, 2.75) is 31.3 Å². The van der Waals surface area contributed by atoms with Crippen LogP contribution < -0.4 is 5.32 Å². The Morgan fingerprint density at radius 3 is 2.88 bits per heavy atom. The van der Waals surface area contributed by atoms with E-state index in [0.29, 0.717) is 6.54 Å². The molecule has 2 N–H and O–H groups in total. The number of rotatable bonds is 4. The van der Waals surface area contributed by atoms with Gasteiger partial charge in [0, 0.05) is 18.4 Å². The predicted molar refractivity (Wildman–Crippen MR) is 59.8 cm³/mol. The van der Waals surface area contributed by atoms with Gasteiger partial charge in [-0.15, -0.1) is 0 Å². The third kappa shape index (κ3) is 2.79. The first-order valence-electron chi connectivity index (χ1n) is 5.57. The minimum Gasteiger partial charge on any atom is -0.388 e. The van der Waals surface area contributed by atoms with Gasteiger partial charge < -0.3 is 10.4 Å². The maximum absolute atomic E-state index is 11.5. The van der Waals surface area contributed by atoms with Gasteiger partial charge in [-0.05, 0) is 31.4 Å². The highest BCUT2D eigenvalue weighted by Crippen LogP contribution is 2.30. The Balaban J connectivity index is 1.76. The quantitative estimate of drug-likeness (QED) is 0.783. The fourth-order valence-electron chi connectivity index (χ4n) is 1.75. The first-order valence-corrected chi connectivity index (χ1v) is 5.57. The van der Waals surface area contributed by atoms with Crippen molar-refractivity contribution in [2.24, 2.45) is 0 Å². The highest BCUT2D eigenvalue weighted by Gasteiger charge is 2.34. The summed E-state index contributed by atoms with van der Waals surface area (Å²) in [4.78, 5) is 15.6. The van der Waals surface area contributed by atoms with E-state index < -0.39 is 5.60 Å². The largest absolute Gasteiger partial charge is 0.388 e. The number of hydrogen-bond acceptors (Lipinski definition) is 3. The summed E-state index contributed by atoms with van der Waals surface area (Å²) >= 11 is 0. The van der Waals surface area contributed by atoms with Crippen LogP contribution in [0.2, 0.25) is 0 Å². The lowest BCUT2D eigenvalue weighted by Crippen LogP contribution is -2.48. The summed E-state index contributed by atoms with van der Waals surface area (Å²) in [6, 6.07) is 5.49. The summed E-state index contributed by atoms with van der Waals surface area (Å²) in [5.41, 5.74) is 0.0976. The molecule has 4 nitrogen and oxygen atoms in total. The Bertz CT molecular complexity index is 361. The Hall–Kier alpha value is -1.42. The van der Waals surface area contributed by atoms with Gasteiger partial charge in [0.25, 0.3) is 0 Å². The SMILES string of the molecule is O=C(Cc1ccccn1)NCC1(O)CCC1. The van der Waals surface area contributed by atoms with Crippen molar-refractivity contribution in [1.29, 1.82) is 0 Å². The monoisotopic (exact) mass is 220 g/mol. The Morgan fingerprint density at radius 2 is 2.31 bits per heavy atom. The Morgan fingerprint density at radius 1 is 1.50 bits per heavy atom. The topological polar surface area (TPSA) is 62.2 Å². The molecule has 4 heteroatoms. The molecular formula is C12H16N2O2. The molecule has 0 aliphatic heterocycles. The van der Waals surface area contributed by atoms with E-state index in [4.69, 9.17) is 0 Å². The average Bonchev–Trinajstić information content (AvgIpc) is 2.25. The molecule has 0 spiro atoms. The normalized spacial score (nSPS) is 17.6. The Labute approximate surface area is 94.7 Å². The standard InChI is InChI=1S/C12H16N2O2/c15-11(8-10-4-1-2-7-13-10)14-9-12(16)5-3-6-12/h1-2,4,7,16H,3,5-6,8-9H2,(H,14,15). The van der Waals surface area contributed by atoms with E-state index in [-0.39, 0.29) is 12.3 Å². The zero-order valence-electron chi connectivity index (χ0n) is 9.15. The lowest BCUT2D eigenvalue weighted by Gasteiger charge is -2.36. The maximum atomic E-state index is 11.5. The number of carbonyl (C=O) groups excluding carboxylic acids is 1. The van der Waals surface area contributed by atoms with Gasteiger partial charge in [-0.2, -0.15) is 0 Å². The molecule has 1 heterocycles. The molecule has 1 aliphatic rings. The van der Waals surface area contributed by atoms with Crippen LogP contribution >= 0.6 is 0 Å². The second-order valence-corrected chi connectivity index (χ2v) is 4.35. The van der Waals surface area contributed by atoms with Crippen molar-refractivity contribution >= 4 is 5.91 Å². The van der Waals surface area contributed by atoms with E-state index in [1.807, 2.05) is 18.2 Å². The van der Waals surface area contributed by atoms with Crippen molar-refractivity contribution in [2.75, 3.05) is 6.54 Å². The van der Waals surface area contributed by atoms with Gasteiger partial charge in [-0.25, -0.2) is 0 Å². The first-order chi connectivity index (χ1) is 7.68. The van der Waals surface area contributed by atoms with Gasteiger partial charge in [0.1, 0.15) is 0 Å². The number of nitrogens with zero attached hydrogens (tertiary/aromatic N) is 1. The summed E-state index contributed by atoms with van der Waals surface area (Å²) in [5, 5.41) is 12.5. The molecule has 0 atom stereocenters. The number of pyridine rings is 1. The third-order valence-electron chi connectivity index (χ3n) is 2.97. The van der Waals surface area contributed by atoms with E-state index in [0.717, 1.165) is 25.0 Å². The highest BCUT2D eigenvalue weighted by molar-refractivity contribution is 5.78. The number of hydrogen-bond donors (Lipinski definition) is 2. The molecule has 16 heavy (non-hydrogen) atoms. The van der Waals surface area contributed by atoms with Crippen molar-refractivity contribution < 1.29 is 9.90 Å². The summed E-state index contributed by atoms with van der Waals surface area (Å²) in [5.74, 6) is -0.0842. The molecule has 1 fully saturated rings. The van der Waals surface area contributed by atoms with Gasteiger partial charge in [0.2, 0.25) is 5.91 Å². The van der Waals surface area contributed by atoms with E-state index in [1.54, 1.807) is 6.20 Å². The molecule has 86 valence electrons. The molecule has 0 radical (unpaired) electrons. The number of amides is 1. The van der Waals surface area contributed by atoms with Gasteiger partial charge >= 0.3 is 0 Å². The maximum Gasteiger partial charge on any atom is 0.226 e. The van der Waals surface area contributed by atoms with Crippen LogP contribution in [0.5, 0.6) is 0 Å². The zero-order chi connectivity index (χ0) is 11.4. The minimum absolute atomic E-state index is 0.0842. The molecule has 0 bridgehead atoms. The van der Waals surface area contributed by atoms with E-state index in [9.17, 15) is 9.90 Å². The van der Waals surface area contributed by atoms with Crippen LogP contribution in [0.4, 0.5) is 0 Å². The summed E-state index contributed by atoms with van der Waals surface area (Å²) < 4.78 is 0. The smallest absolute Gasteiger partial charge is 0.226 e. The molecule has 1 aromatic rings. The van der Waals surface area contributed by atoms with Crippen LogP contribution in [0.25, 0.3) is 0 Å². The van der Waals surface area contributed by atoms with Crippen LogP contribution in [-0.4, -0.2) is 28.1 Å². The second-order valence-electron chi connectivity index (χ2n) is 4.35. The van der Waals surface area contributed by atoms with Crippen LogP contribution in [-0.2, 0) is 11.2 Å². The highest BCUT2D eigenvalue weighted by atomic mass is 16.3. The zero-order valence-corrected chi connectivity index (χ0v) is 9.15. The molecule has 2 rings (SSSR count). The van der Waals surface area contributed by atoms with Crippen molar-refractivity contribution in [3.8, 4) is 0 Å². The summed E-state index contributed by atoms with van der Waals surface area (Å²) in [6.45, 7) is 0.360. The molecule has 0 saturated heterocycles. The van der Waals surface area contributed by atoms with Crippen molar-refractivity contribution in [3.05, 3.63) is 30.1 Å². The molecule has 1 saturated carbocycles. The lowest BCUT2D eigenvalue weighted by molar-refractivity contribution is -0.122. The van der Waals surface area contributed by atoms with Crippen LogP contribution in [0.15, 0.2) is 24.4 Å². The van der Waals surface area contributed by atoms with Crippen molar-refractivity contribution in [1.82, 2.24) is 10.3 Å². The number of carbonyl (C=O) groups is 1. The molecule has 1 amide bonds. The van der Waals surface area contributed by atoms with E-state index in [2.05, 4.69) is 10.3 Å². The molecular weight excluding hydrogens is 204 g/mol. The van der Waals surface area contributed by atoms with E-state index in [1.165, 1.54) is 0 Å². The van der Waals surface area contributed by atoms with Crippen LogP contribution in [0.1, 0.15) is 25.0 Å². The number of nitrogens with one attached hydrogen (secondary N) is 1.